The molecule has 0 aromatic carbocycles. The third-order valence-electron chi connectivity index (χ3n) is 1.53. The summed E-state index contributed by atoms with van der Waals surface area (Å²) >= 11 is 1.61. The maximum atomic E-state index is 8.84. The molecule has 66 valence electrons. The highest BCUT2D eigenvalue weighted by Gasteiger charge is 2.05. The van der Waals surface area contributed by atoms with Crippen LogP contribution in [0.3, 0.4) is 0 Å². The van der Waals surface area contributed by atoms with Gasteiger partial charge >= 0.3 is 0 Å². The minimum Gasteiger partial charge on any atom is -0.395 e. The number of nitrogens with zero attached hydrogens (tertiary/aromatic N) is 1. The quantitative estimate of drug-likeness (QED) is 0.726. The lowest BCUT2D eigenvalue weighted by Crippen LogP contribution is -2.02. The van der Waals surface area contributed by atoms with Gasteiger partial charge < -0.3 is 5.11 Å². The fourth-order valence-electron chi connectivity index (χ4n) is 0.822. The number of hydrogen-bond acceptors (Lipinski definition) is 3. The Morgan fingerprint density at radius 1 is 1.67 bits per heavy atom. The number of aliphatic hydroxyl groups excluding tert-OH is 1. The van der Waals surface area contributed by atoms with E-state index in [1.165, 1.54) is 5.56 Å². The van der Waals surface area contributed by atoms with Crippen molar-refractivity contribution in [1.29, 1.82) is 0 Å². The molecule has 3 heteroatoms. The van der Waals surface area contributed by atoms with Crippen molar-refractivity contribution in [2.45, 2.75) is 24.1 Å². The Morgan fingerprint density at radius 2 is 2.42 bits per heavy atom. The lowest BCUT2D eigenvalue weighted by atomic mass is 10.3. The summed E-state index contributed by atoms with van der Waals surface area (Å²) in [6.07, 6.45) is 1.78. The maximum absolute atomic E-state index is 8.84. The van der Waals surface area contributed by atoms with Gasteiger partial charge in [0.2, 0.25) is 0 Å². The molecule has 1 aromatic heterocycles. The SMILES string of the molecule is Cc1cccnc1SC(C)CO. The molecule has 0 saturated carbocycles. The molecule has 0 fully saturated rings. The average Bonchev–Trinajstić information content (AvgIpc) is 2.09. The Bertz CT molecular complexity index is 252. The highest BCUT2D eigenvalue weighted by Crippen LogP contribution is 2.23. The number of aliphatic hydroxyl groups is 1. The zero-order valence-corrected chi connectivity index (χ0v) is 8.14. The van der Waals surface area contributed by atoms with Crippen LogP contribution in [0.1, 0.15) is 12.5 Å². The van der Waals surface area contributed by atoms with E-state index in [1.54, 1.807) is 18.0 Å². The van der Waals surface area contributed by atoms with Crippen LogP contribution in [0, 0.1) is 6.92 Å². The minimum atomic E-state index is 0.195. The van der Waals surface area contributed by atoms with Crippen LogP contribution in [0.4, 0.5) is 0 Å². The predicted molar refractivity (Wildman–Crippen MR) is 51.4 cm³/mol. The van der Waals surface area contributed by atoms with E-state index >= 15 is 0 Å². The molecule has 0 aliphatic rings. The summed E-state index contributed by atoms with van der Waals surface area (Å²) in [7, 11) is 0. The van der Waals surface area contributed by atoms with Gasteiger partial charge in [0.05, 0.1) is 11.6 Å². The number of hydrogen-bond donors (Lipinski definition) is 1. The highest BCUT2D eigenvalue weighted by molar-refractivity contribution is 7.99. The van der Waals surface area contributed by atoms with E-state index in [0.717, 1.165) is 5.03 Å². The van der Waals surface area contributed by atoms with Gasteiger partial charge in [0.25, 0.3) is 0 Å². The summed E-state index contributed by atoms with van der Waals surface area (Å²) in [4.78, 5) is 4.22. The van der Waals surface area contributed by atoms with Gasteiger partial charge in [-0.05, 0) is 18.6 Å². The zero-order chi connectivity index (χ0) is 8.97. The smallest absolute Gasteiger partial charge is 0.0992 e. The average molecular weight is 183 g/mol. The van der Waals surface area contributed by atoms with E-state index in [0.29, 0.717) is 0 Å². The van der Waals surface area contributed by atoms with Crippen molar-refractivity contribution in [2.75, 3.05) is 6.61 Å². The van der Waals surface area contributed by atoms with Crippen molar-refractivity contribution < 1.29 is 5.11 Å². The topological polar surface area (TPSA) is 33.1 Å². The van der Waals surface area contributed by atoms with Gasteiger partial charge in [-0.1, -0.05) is 13.0 Å². The molecule has 0 radical (unpaired) electrons. The standard InChI is InChI=1S/C9H13NOS/c1-7-4-3-5-10-9(7)12-8(2)6-11/h3-5,8,11H,6H2,1-2H3. The first-order valence-corrected chi connectivity index (χ1v) is 4.81. The number of rotatable bonds is 3. The van der Waals surface area contributed by atoms with E-state index < -0.39 is 0 Å². The van der Waals surface area contributed by atoms with Gasteiger partial charge in [-0.3, -0.25) is 0 Å². The molecule has 1 N–H and O–H groups in total. The molecule has 1 aromatic rings. The monoisotopic (exact) mass is 183 g/mol. The molecule has 1 unspecified atom stereocenters. The molecule has 0 amide bonds. The summed E-state index contributed by atoms with van der Waals surface area (Å²) in [5.74, 6) is 0. The molecule has 1 atom stereocenters. The first-order valence-electron chi connectivity index (χ1n) is 3.93. The fraction of sp³-hybridized carbons (Fsp3) is 0.444. The molecule has 0 aliphatic carbocycles. The number of pyridine rings is 1. The second-order valence-corrected chi connectivity index (χ2v) is 4.16. The Morgan fingerprint density at radius 3 is 3.00 bits per heavy atom. The van der Waals surface area contributed by atoms with Crippen molar-refractivity contribution >= 4 is 11.8 Å². The van der Waals surface area contributed by atoms with Crippen LogP contribution >= 0.6 is 11.8 Å². The molecule has 0 bridgehead atoms. The van der Waals surface area contributed by atoms with Crippen LogP contribution in [0.25, 0.3) is 0 Å². The van der Waals surface area contributed by atoms with E-state index in [2.05, 4.69) is 4.98 Å². The van der Waals surface area contributed by atoms with Crippen molar-refractivity contribution in [3.63, 3.8) is 0 Å². The van der Waals surface area contributed by atoms with E-state index in [4.69, 9.17) is 5.11 Å². The molecular formula is C9H13NOS. The second-order valence-electron chi connectivity index (χ2n) is 2.74. The fourth-order valence-corrected chi connectivity index (χ4v) is 1.65. The zero-order valence-electron chi connectivity index (χ0n) is 7.32. The van der Waals surface area contributed by atoms with E-state index in [-0.39, 0.29) is 11.9 Å². The summed E-state index contributed by atoms with van der Waals surface area (Å²) in [6, 6.07) is 3.95. The maximum Gasteiger partial charge on any atom is 0.0992 e. The van der Waals surface area contributed by atoms with Gasteiger partial charge in [-0.2, -0.15) is 0 Å². The van der Waals surface area contributed by atoms with Crippen LogP contribution < -0.4 is 0 Å². The third-order valence-corrected chi connectivity index (χ3v) is 2.73. The summed E-state index contributed by atoms with van der Waals surface area (Å²) in [5.41, 5.74) is 1.17. The number of aromatic nitrogens is 1. The lowest BCUT2D eigenvalue weighted by Gasteiger charge is -2.07. The number of thioether (sulfide) groups is 1. The van der Waals surface area contributed by atoms with Crippen molar-refractivity contribution in [3.05, 3.63) is 23.9 Å². The predicted octanol–water partition coefficient (Wildman–Crippen LogP) is 1.86. The van der Waals surface area contributed by atoms with Gasteiger partial charge in [-0.25, -0.2) is 4.98 Å². The Labute approximate surface area is 77.0 Å². The highest BCUT2D eigenvalue weighted by atomic mass is 32.2. The lowest BCUT2D eigenvalue weighted by molar-refractivity contribution is 0.300. The summed E-state index contributed by atoms with van der Waals surface area (Å²) in [5, 5.41) is 10.1. The minimum absolute atomic E-state index is 0.195. The van der Waals surface area contributed by atoms with Gasteiger partial charge in [0.1, 0.15) is 0 Å². The van der Waals surface area contributed by atoms with Crippen LogP contribution in [-0.2, 0) is 0 Å². The Hall–Kier alpha value is -0.540. The van der Waals surface area contributed by atoms with Crippen LogP contribution in [-0.4, -0.2) is 21.9 Å². The van der Waals surface area contributed by atoms with Crippen molar-refractivity contribution in [1.82, 2.24) is 4.98 Å². The van der Waals surface area contributed by atoms with Gasteiger partial charge in [0.15, 0.2) is 0 Å². The summed E-state index contributed by atoms with van der Waals surface area (Å²) in [6.45, 7) is 4.21. The molecule has 2 nitrogen and oxygen atoms in total. The Kier molecular flexibility index (Phi) is 3.56. The van der Waals surface area contributed by atoms with Crippen LogP contribution in [0.5, 0.6) is 0 Å². The first kappa shape index (κ1) is 9.55. The molecule has 0 saturated heterocycles. The van der Waals surface area contributed by atoms with E-state index in [9.17, 15) is 0 Å². The normalized spacial score (nSPS) is 12.9. The largest absolute Gasteiger partial charge is 0.395 e. The van der Waals surface area contributed by atoms with Crippen molar-refractivity contribution in [2.24, 2.45) is 0 Å². The molecule has 0 spiro atoms. The molecule has 1 rings (SSSR count). The van der Waals surface area contributed by atoms with Gasteiger partial charge in [-0.15, -0.1) is 11.8 Å². The molecule has 12 heavy (non-hydrogen) atoms. The number of aryl methyl sites for hydroxylation is 1. The van der Waals surface area contributed by atoms with Crippen LogP contribution in [0.15, 0.2) is 23.4 Å². The van der Waals surface area contributed by atoms with E-state index in [1.807, 2.05) is 26.0 Å². The molecule has 0 aliphatic heterocycles. The molecular weight excluding hydrogens is 170 g/mol. The third kappa shape index (κ3) is 2.50. The Balaban J connectivity index is 2.69. The van der Waals surface area contributed by atoms with Crippen molar-refractivity contribution in [3.8, 4) is 0 Å². The van der Waals surface area contributed by atoms with Crippen LogP contribution in [0.2, 0.25) is 0 Å². The summed E-state index contributed by atoms with van der Waals surface area (Å²) < 4.78 is 0. The molecule has 1 heterocycles. The second kappa shape index (κ2) is 4.48. The first-order chi connectivity index (χ1) is 5.74. The van der Waals surface area contributed by atoms with Gasteiger partial charge in [0, 0.05) is 11.4 Å².